The third kappa shape index (κ3) is 1.89. The molecule has 0 radical (unpaired) electrons. The van der Waals surface area contributed by atoms with Gasteiger partial charge in [-0.3, -0.25) is 4.79 Å². The van der Waals surface area contributed by atoms with Gasteiger partial charge in [0.05, 0.1) is 0 Å². The first-order chi connectivity index (χ1) is 10.7. The van der Waals surface area contributed by atoms with E-state index in [4.69, 9.17) is 9.15 Å². The number of benzene rings is 2. The highest BCUT2D eigenvalue weighted by atomic mass is 16.5. The van der Waals surface area contributed by atoms with E-state index in [0.717, 1.165) is 16.9 Å². The van der Waals surface area contributed by atoms with E-state index in [1.807, 2.05) is 30.4 Å². The van der Waals surface area contributed by atoms with Gasteiger partial charge in [0.2, 0.25) is 0 Å². The fraction of sp³-hybridized carbons (Fsp3) is 0.0556. The van der Waals surface area contributed by atoms with E-state index in [-0.39, 0.29) is 16.6 Å². The molecule has 0 unspecified atom stereocenters. The molecule has 2 heterocycles. The minimum Gasteiger partial charge on any atom is -0.507 e. The summed E-state index contributed by atoms with van der Waals surface area (Å²) in [5.41, 5.74) is 1.76. The van der Waals surface area contributed by atoms with E-state index in [1.54, 1.807) is 12.1 Å². The molecule has 2 aromatic carbocycles. The number of phenolic OH excluding ortho intramolecular Hbond substituents is 1. The van der Waals surface area contributed by atoms with Crippen LogP contribution in [0.15, 0.2) is 57.8 Å². The summed E-state index contributed by atoms with van der Waals surface area (Å²) >= 11 is 0. The normalized spacial score (nSPS) is 12.9. The lowest BCUT2D eigenvalue weighted by atomic mass is 10.0. The number of hydrogen-bond acceptors (Lipinski definition) is 4. The molecule has 108 valence electrons. The van der Waals surface area contributed by atoms with Crippen LogP contribution in [0.4, 0.5) is 0 Å². The molecule has 1 aliphatic heterocycles. The van der Waals surface area contributed by atoms with Crippen molar-refractivity contribution in [2.75, 3.05) is 6.61 Å². The van der Waals surface area contributed by atoms with Gasteiger partial charge in [0.25, 0.3) is 0 Å². The summed E-state index contributed by atoms with van der Waals surface area (Å²) in [7, 11) is 0. The lowest BCUT2D eigenvalue weighted by molar-refractivity contribution is 0.358. The quantitative estimate of drug-likeness (QED) is 0.745. The van der Waals surface area contributed by atoms with Crippen LogP contribution in [0.5, 0.6) is 11.5 Å². The Hall–Kier alpha value is -3.01. The largest absolute Gasteiger partial charge is 0.507 e. The van der Waals surface area contributed by atoms with Gasteiger partial charge >= 0.3 is 0 Å². The average molecular weight is 292 g/mol. The van der Waals surface area contributed by atoms with Crippen LogP contribution in [0, 0.1) is 0 Å². The standard InChI is InChI=1S/C18H12O4/c19-13-6-2-8-16-18(13)14(20)10-17(22-16)12-4-1-7-15-11(12)5-3-9-21-15/h1-8,10,19H,9H2. The average Bonchev–Trinajstić information content (AvgIpc) is 2.54. The van der Waals surface area contributed by atoms with E-state index in [1.165, 1.54) is 12.1 Å². The van der Waals surface area contributed by atoms with E-state index < -0.39 is 0 Å². The topological polar surface area (TPSA) is 59.7 Å². The molecule has 0 saturated carbocycles. The summed E-state index contributed by atoms with van der Waals surface area (Å²) < 4.78 is 11.4. The molecule has 4 rings (SSSR count). The maximum atomic E-state index is 12.3. The summed E-state index contributed by atoms with van der Waals surface area (Å²) in [5.74, 6) is 1.14. The molecule has 1 aliphatic rings. The number of aromatic hydroxyl groups is 1. The zero-order valence-electron chi connectivity index (χ0n) is 11.6. The van der Waals surface area contributed by atoms with Crippen molar-refractivity contribution in [3.05, 3.63) is 64.3 Å². The predicted octanol–water partition coefficient (Wildman–Crippen LogP) is 3.57. The first-order valence-corrected chi connectivity index (χ1v) is 6.92. The van der Waals surface area contributed by atoms with Gasteiger partial charge in [-0.1, -0.05) is 24.3 Å². The Kier molecular flexibility index (Phi) is 2.76. The van der Waals surface area contributed by atoms with Crippen LogP contribution in [0.1, 0.15) is 5.56 Å². The van der Waals surface area contributed by atoms with Crippen molar-refractivity contribution >= 4 is 17.0 Å². The summed E-state index contributed by atoms with van der Waals surface area (Å²) in [4.78, 5) is 12.3. The maximum Gasteiger partial charge on any atom is 0.197 e. The van der Waals surface area contributed by atoms with E-state index in [2.05, 4.69) is 0 Å². The number of phenols is 1. The van der Waals surface area contributed by atoms with Crippen molar-refractivity contribution in [3.8, 4) is 22.8 Å². The second-order valence-corrected chi connectivity index (χ2v) is 5.06. The first-order valence-electron chi connectivity index (χ1n) is 6.92. The maximum absolute atomic E-state index is 12.3. The highest BCUT2D eigenvalue weighted by Crippen LogP contribution is 2.34. The van der Waals surface area contributed by atoms with Crippen molar-refractivity contribution < 1.29 is 14.3 Å². The fourth-order valence-corrected chi connectivity index (χ4v) is 2.68. The summed E-state index contributed by atoms with van der Waals surface area (Å²) in [5, 5.41) is 10.0. The van der Waals surface area contributed by atoms with Gasteiger partial charge in [-0.2, -0.15) is 0 Å². The highest BCUT2D eigenvalue weighted by Gasteiger charge is 2.15. The minimum atomic E-state index is -0.271. The number of hydrogen-bond donors (Lipinski definition) is 1. The smallest absolute Gasteiger partial charge is 0.197 e. The van der Waals surface area contributed by atoms with Gasteiger partial charge in [-0.15, -0.1) is 0 Å². The van der Waals surface area contributed by atoms with Crippen molar-refractivity contribution in [2.24, 2.45) is 0 Å². The third-order valence-corrected chi connectivity index (χ3v) is 3.68. The van der Waals surface area contributed by atoms with E-state index in [0.29, 0.717) is 18.0 Å². The minimum absolute atomic E-state index is 0.0730. The molecule has 3 aromatic rings. The molecular weight excluding hydrogens is 280 g/mol. The summed E-state index contributed by atoms with van der Waals surface area (Å²) in [6.07, 6.45) is 3.87. The van der Waals surface area contributed by atoms with Crippen LogP contribution in [0.25, 0.3) is 28.4 Å². The Morgan fingerprint density at radius 2 is 1.95 bits per heavy atom. The Balaban J connectivity index is 2.01. The van der Waals surface area contributed by atoms with Gasteiger partial charge in [0, 0.05) is 17.2 Å². The molecule has 22 heavy (non-hydrogen) atoms. The van der Waals surface area contributed by atoms with Crippen molar-refractivity contribution in [1.82, 2.24) is 0 Å². The Morgan fingerprint density at radius 3 is 2.86 bits per heavy atom. The number of fused-ring (bicyclic) bond motifs is 2. The van der Waals surface area contributed by atoms with Gasteiger partial charge in [-0.05, 0) is 24.3 Å². The van der Waals surface area contributed by atoms with Crippen LogP contribution in [0.3, 0.4) is 0 Å². The molecule has 0 atom stereocenters. The van der Waals surface area contributed by atoms with Crippen molar-refractivity contribution in [3.63, 3.8) is 0 Å². The predicted molar refractivity (Wildman–Crippen MR) is 84.1 cm³/mol. The van der Waals surface area contributed by atoms with Gasteiger partial charge in [-0.25, -0.2) is 0 Å². The van der Waals surface area contributed by atoms with Crippen molar-refractivity contribution in [2.45, 2.75) is 0 Å². The molecule has 0 saturated heterocycles. The van der Waals surface area contributed by atoms with Crippen LogP contribution in [-0.4, -0.2) is 11.7 Å². The van der Waals surface area contributed by atoms with Gasteiger partial charge in [0.15, 0.2) is 5.43 Å². The molecule has 4 nitrogen and oxygen atoms in total. The fourth-order valence-electron chi connectivity index (χ4n) is 2.68. The summed E-state index contributed by atoms with van der Waals surface area (Å²) in [6, 6.07) is 11.8. The molecule has 0 spiro atoms. The number of ether oxygens (including phenoxy) is 1. The van der Waals surface area contributed by atoms with Crippen LogP contribution in [-0.2, 0) is 0 Å². The molecule has 0 fully saturated rings. The second-order valence-electron chi connectivity index (χ2n) is 5.06. The SMILES string of the molecule is O=c1cc(-c2cccc3c2C=CCO3)oc2cccc(O)c12. The van der Waals surface area contributed by atoms with Crippen LogP contribution >= 0.6 is 0 Å². The van der Waals surface area contributed by atoms with E-state index >= 15 is 0 Å². The molecule has 4 heteroatoms. The lowest BCUT2D eigenvalue weighted by Gasteiger charge is -2.15. The molecule has 1 N–H and O–H groups in total. The Bertz CT molecular complexity index is 966. The Morgan fingerprint density at radius 1 is 1.09 bits per heavy atom. The highest BCUT2D eigenvalue weighted by molar-refractivity contribution is 5.86. The molecular formula is C18H12O4. The molecule has 0 aliphatic carbocycles. The van der Waals surface area contributed by atoms with E-state index in [9.17, 15) is 9.90 Å². The van der Waals surface area contributed by atoms with Crippen LogP contribution in [0.2, 0.25) is 0 Å². The molecule has 1 aromatic heterocycles. The van der Waals surface area contributed by atoms with Crippen LogP contribution < -0.4 is 10.2 Å². The van der Waals surface area contributed by atoms with Crippen molar-refractivity contribution in [1.29, 1.82) is 0 Å². The second kappa shape index (κ2) is 4.77. The number of rotatable bonds is 1. The first kappa shape index (κ1) is 12.7. The van der Waals surface area contributed by atoms with Gasteiger partial charge in [0.1, 0.15) is 34.8 Å². The monoisotopic (exact) mass is 292 g/mol. The molecule has 0 amide bonds. The molecule has 0 bridgehead atoms. The Labute approximate surface area is 125 Å². The van der Waals surface area contributed by atoms with Gasteiger partial charge < -0.3 is 14.3 Å². The zero-order chi connectivity index (χ0) is 15.1. The lowest BCUT2D eigenvalue weighted by Crippen LogP contribution is -2.03. The zero-order valence-corrected chi connectivity index (χ0v) is 11.6. The summed E-state index contributed by atoms with van der Waals surface area (Å²) in [6.45, 7) is 0.534. The third-order valence-electron chi connectivity index (χ3n) is 3.68.